The highest BCUT2D eigenvalue weighted by atomic mass is 79.9. The van der Waals surface area contributed by atoms with E-state index in [-0.39, 0.29) is 6.10 Å². The Bertz CT molecular complexity index is 510. The van der Waals surface area contributed by atoms with Crippen LogP contribution >= 0.6 is 39.0 Å². The molecule has 0 saturated carbocycles. The lowest BCUT2D eigenvalue weighted by molar-refractivity contribution is 0.201. The lowest BCUT2D eigenvalue weighted by Crippen LogP contribution is -2.13. The topological polar surface area (TPSA) is 20.2 Å². The summed E-state index contributed by atoms with van der Waals surface area (Å²) in [7, 11) is 0. The molecule has 2 aromatic rings. The molecule has 1 unspecified atom stereocenters. The molecule has 18 heavy (non-hydrogen) atoms. The highest BCUT2D eigenvalue weighted by Gasteiger charge is 2.10. The quantitative estimate of drug-likeness (QED) is 0.806. The van der Waals surface area contributed by atoms with E-state index in [0.717, 1.165) is 16.6 Å². The van der Waals surface area contributed by atoms with Gasteiger partial charge in [-0.2, -0.15) is 0 Å². The summed E-state index contributed by atoms with van der Waals surface area (Å²) in [5.41, 5.74) is 1.27. The van der Waals surface area contributed by atoms with E-state index in [1.165, 1.54) is 15.3 Å². The van der Waals surface area contributed by atoms with Crippen LogP contribution in [0.4, 0.5) is 0 Å². The lowest BCUT2D eigenvalue weighted by Gasteiger charge is -2.10. The van der Waals surface area contributed by atoms with Gasteiger partial charge in [0, 0.05) is 26.4 Å². The first-order valence-corrected chi connectivity index (χ1v) is 8.41. The van der Waals surface area contributed by atoms with Crippen molar-refractivity contribution in [3.63, 3.8) is 0 Å². The smallest absolute Gasteiger partial charge is 0.0682 e. The summed E-state index contributed by atoms with van der Waals surface area (Å²) in [4.78, 5) is 2.47. The fraction of sp³-hybridized carbons (Fsp3) is 0.286. The van der Waals surface area contributed by atoms with Gasteiger partial charge in [0.2, 0.25) is 0 Å². The zero-order chi connectivity index (χ0) is 13.0. The zero-order valence-electron chi connectivity index (χ0n) is 10.1. The van der Waals surface area contributed by atoms with E-state index in [9.17, 15) is 5.11 Å². The number of rotatable bonds is 5. The molecule has 1 aromatic carbocycles. The van der Waals surface area contributed by atoms with Crippen LogP contribution in [0.15, 0.2) is 45.1 Å². The summed E-state index contributed by atoms with van der Waals surface area (Å²) in [6, 6.07) is 10.3. The maximum Gasteiger partial charge on any atom is 0.0682 e. The van der Waals surface area contributed by atoms with Gasteiger partial charge < -0.3 is 5.11 Å². The van der Waals surface area contributed by atoms with Gasteiger partial charge in [-0.1, -0.05) is 18.2 Å². The molecule has 1 aromatic heterocycles. The molecule has 0 aliphatic rings. The highest BCUT2D eigenvalue weighted by Crippen LogP contribution is 2.27. The largest absolute Gasteiger partial charge is 0.392 e. The fourth-order valence-corrected chi connectivity index (χ4v) is 4.20. The van der Waals surface area contributed by atoms with Crippen molar-refractivity contribution in [1.82, 2.24) is 0 Å². The van der Waals surface area contributed by atoms with Crippen LogP contribution in [0, 0.1) is 6.92 Å². The van der Waals surface area contributed by atoms with E-state index in [0.29, 0.717) is 0 Å². The molecule has 1 nitrogen and oxygen atoms in total. The fourth-order valence-electron chi connectivity index (χ4n) is 1.65. The van der Waals surface area contributed by atoms with Crippen molar-refractivity contribution in [3.05, 3.63) is 50.6 Å². The molecule has 0 spiro atoms. The number of aliphatic hydroxyl groups is 1. The van der Waals surface area contributed by atoms with Crippen molar-refractivity contribution < 1.29 is 5.11 Å². The van der Waals surface area contributed by atoms with E-state index in [1.807, 2.05) is 23.6 Å². The van der Waals surface area contributed by atoms with Crippen LogP contribution in [0.2, 0.25) is 0 Å². The predicted molar refractivity (Wildman–Crippen MR) is 83.6 cm³/mol. The molecule has 0 radical (unpaired) electrons. The first-order valence-electron chi connectivity index (χ1n) is 5.75. The molecule has 1 heterocycles. The molecule has 0 bridgehead atoms. The van der Waals surface area contributed by atoms with E-state index in [1.54, 1.807) is 23.1 Å². The van der Waals surface area contributed by atoms with Crippen LogP contribution in [-0.4, -0.2) is 17.0 Å². The van der Waals surface area contributed by atoms with E-state index in [4.69, 9.17) is 0 Å². The Morgan fingerprint density at radius 3 is 2.78 bits per heavy atom. The molecule has 0 aliphatic heterocycles. The molecular weight excluding hydrogens is 328 g/mol. The van der Waals surface area contributed by atoms with Gasteiger partial charge in [0.25, 0.3) is 0 Å². The van der Waals surface area contributed by atoms with Crippen LogP contribution in [0.5, 0.6) is 0 Å². The number of halogens is 1. The van der Waals surface area contributed by atoms with Crippen molar-refractivity contribution in [2.75, 3.05) is 5.75 Å². The number of aliphatic hydroxyl groups excluding tert-OH is 1. The number of thioether (sulfide) groups is 1. The molecule has 1 atom stereocenters. The summed E-state index contributed by atoms with van der Waals surface area (Å²) in [6.07, 6.45) is 0.418. The predicted octanol–water partition coefficient (Wildman–Crippen LogP) is 4.51. The first kappa shape index (κ1) is 14.1. The third-order valence-corrected chi connectivity index (χ3v) is 5.91. The van der Waals surface area contributed by atoms with Crippen molar-refractivity contribution in [2.24, 2.45) is 0 Å². The van der Waals surface area contributed by atoms with Gasteiger partial charge in [-0.05, 0) is 45.9 Å². The minimum Gasteiger partial charge on any atom is -0.392 e. The monoisotopic (exact) mass is 342 g/mol. The van der Waals surface area contributed by atoms with Crippen LogP contribution in [-0.2, 0) is 6.42 Å². The molecular formula is C14H15BrOS2. The Kier molecular flexibility index (Phi) is 5.30. The Balaban J connectivity index is 1.87. The van der Waals surface area contributed by atoms with Gasteiger partial charge >= 0.3 is 0 Å². The zero-order valence-corrected chi connectivity index (χ0v) is 13.3. The van der Waals surface area contributed by atoms with Crippen LogP contribution in [0.25, 0.3) is 0 Å². The van der Waals surface area contributed by atoms with Crippen molar-refractivity contribution >= 4 is 39.0 Å². The van der Waals surface area contributed by atoms with Gasteiger partial charge in [-0.3, -0.25) is 0 Å². The van der Waals surface area contributed by atoms with Crippen molar-refractivity contribution in [3.8, 4) is 0 Å². The van der Waals surface area contributed by atoms with E-state index >= 15 is 0 Å². The summed E-state index contributed by atoms with van der Waals surface area (Å²) in [6.45, 7) is 2.10. The normalized spacial score (nSPS) is 12.6. The van der Waals surface area contributed by atoms with Crippen LogP contribution < -0.4 is 0 Å². The molecule has 2 rings (SSSR count). The van der Waals surface area contributed by atoms with Crippen LogP contribution in [0.1, 0.15) is 10.4 Å². The van der Waals surface area contributed by atoms with Gasteiger partial charge in [-0.15, -0.1) is 23.1 Å². The molecule has 0 aliphatic carbocycles. The highest BCUT2D eigenvalue weighted by molar-refractivity contribution is 9.10. The molecule has 4 heteroatoms. The second-order valence-electron chi connectivity index (χ2n) is 4.13. The Labute approximate surface area is 124 Å². The van der Waals surface area contributed by atoms with Gasteiger partial charge in [0.1, 0.15) is 0 Å². The van der Waals surface area contributed by atoms with Gasteiger partial charge in [0.05, 0.1) is 6.10 Å². The third-order valence-electron chi connectivity index (χ3n) is 2.64. The third kappa shape index (κ3) is 3.85. The van der Waals surface area contributed by atoms with E-state index in [2.05, 4.69) is 35.0 Å². The minimum atomic E-state index is -0.301. The lowest BCUT2D eigenvalue weighted by atomic mass is 10.2. The maximum atomic E-state index is 10.1. The number of benzene rings is 1. The molecule has 1 N–H and O–H groups in total. The Hall–Kier alpha value is -0.290. The number of hydrogen-bond acceptors (Lipinski definition) is 3. The SMILES string of the molecule is Cc1ccccc1SCC(O)Cc1sccc1Br. The summed E-state index contributed by atoms with van der Waals surface area (Å²) in [5, 5.41) is 12.1. The van der Waals surface area contributed by atoms with Crippen LogP contribution in [0.3, 0.4) is 0 Å². The number of thiophene rings is 1. The van der Waals surface area contributed by atoms with Gasteiger partial charge in [0.15, 0.2) is 0 Å². The van der Waals surface area contributed by atoms with E-state index < -0.39 is 0 Å². The van der Waals surface area contributed by atoms with Gasteiger partial charge in [-0.25, -0.2) is 0 Å². The molecule has 0 amide bonds. The molecule has 0 saturated heterocycles. The average molecular weight is 343 g/mol. The summed E-state index contributed by atoms with van der Waals surface area (Å²) < 4.78 is 1.10. The maximum absolute atomic E-state index is 10.1. The molecule has 96 valence electrons. The summed E-state index contributed by atoms with van der Waals surface area (Å²) in [5.74, 6) is 0.731. The number of aryl methyl sites for hydroxylation is 1. The van der Waals surface area contributed by atoms with Crippen molar-refractivity contribution in [1.29, 1.82) is 0 Å². The Morgan fingerprint density at radius 1 is 1.33 bits per heavy atom. The first-order chi connectivity index (χ1) is 8.66. The standard InChI is InChI=1S/C14H15BrOS2/c1-10-4-2-3-5-13(10)18-9-11(16)8-14-12(15)6-7-17-14/h2-7,11,16H,8-9H2,1H3. The van der Waals surface area contributed by atoms with Crippen molar-refractivity contribution in [2.45, 2.75) is 24.3 Å². The second-order valence-corrected chi connectivity index (χ2v) is 7.04. The summed E-state index contributed by atoms with van der Waals surface area (Å²) >= 11 is 6.90. The molecule has 0 fully saturated rings. The average Bonchev–Trinajstić information content (AvgIpc) is 2.74. The second kappa shape index (κ2) is 6.75. The minimum absolute atomic E-state index is 0.301. The Morgan fingerprint density at radius 2 is 2.11 bits per heavy atom. The number of hydrogen-bond donors (Lipinski definition) is 1.